The largest absolute Gasteiger partial charge is 0.309 e. The van der Waals surface area contributed by atoms with Gasteiger partial charge < -0.3 is 16.0 Å². The van der Waals surface area contributed by atoms with E-state index >= 15 is 0 Å². The summed E-state index contributed by atoms with van der Waals surface area (Å²) in [7, 11) is 1.70. The second kappa shape index (κ2) is 9.94. The Morgan fingerprint density at radius 3 is 2.53 bits per heavy atom. The average molecular weight is 428 g/mol. The van der Waals surface area contributed by atoms with Crippen LogP contribution < -0.4 is 10.6 Å². The number of nitrogens with zero attached hydrogens (tertiary/aromatic N) is 2. The van der Waals surface area contributed by atoms with Gasteiger partial charge in [-0.25, -0.2) is 4.98 Å². The number of ketones is 1. The molecule has 0 radical (unpaired) electrons. The lowest BCUT2D eigenvalue weighted by Gasteiger charge is -2.16. The fraction of sp³-hybridized carbons (Fsp3) is 0.240. The molecule has 0 aliphatic heterocycles. The van der Waals surface area contributed by atoms with Gasteiger partial charge in [-0.05, 0) is 63.4 Å². The van der Waals surface area contributed by atoms with Crippen LogP contribution in [0.3, 0.4) is 0 Å². The molecule has 2 atom stereocenters. The van der Waals surface area contributed by atoms with Crippen LogP contribution in [-0.4, -0.2) is 40.5 Å². The molecule has 7 nitrogen and oxygen atoms in total. The van der Waals surface area contributed by atoms with Crippen molar-refractivity contribution < 1.29 is 9.59 Å². The molecule has 1 aromatic carbocycles. The molecule has 0 fully saturated rings. The van der Waals surface area contributed by atoms with E-state index in [4.69, 9.17) is 5.41 Å². The van der Waals surface area contributed by atoms with Crippen molar-refractivity contribution in [1.29, 1.82) is 5.41 Å². The van der Waals surface area contributed by atoms with Crippen molar-refractivity contribution in [2.45, 2.75) is 32.7 Å². The number of amides is 1. The summed E-state index contributed by atoms with van der Waals surface area (Å²) in [5.41, 5.74) is 1.88. The summed E-state index contributed by atoms with van der Waals surface area (Å²) in [6.45, 7) is 4.77. The van der Waals surface area contributed by atoms with E-state index in [1.807, 2.05) is 24.3 Å². The van der Waals surface area contributed by atoms with Crippen LogP contribution in [0.5, 0.6) is 0 Å². The number of aromatic nitrogens is 2. The Hall–Kier alpha value is -3.89. The number of hydrogen-bond donors (Lipinski definition) is 3. The van der Waals surface area contributed by atoms with Crippen LogP contribution in [0.1, 0.15) is 43.5 Å². The first-order valence-corrected chi connectivity index (χ1v) is 10.2. The highest BCUT2D eigenvalue weighted by molar-refractivity contribution is 6.07. The quantitative estimate of drug-likeness (QED) is 0.413. The van der Waals surface area contributed by atoms with Crippen molar-refractivity contribution in [3.05, 3.63) is 65.6 Å². The van der Waals surface area contributed by atoms with Crippen LogP contribution in [0, 0.1) is 17.3 Å². The van der Waals surface area contributed by atoms with Gasteiger partial charge in [0.05, 0.1) is 12.0 Å². The number of Topliss-reactive ketones (excluding diaryl/α,β-unsaturated/α-hetero) is 1. The number of benzene rings is 1. The zero-order valence-corrected chi connectivity index (χ0v) is 18.5. The average Bonchev–Trinajstić information content (AvgIpc) is 2.77. The lowest BCUT2D eigenvalue weighted by atomic mass is 9.90. The molecule has 0 saturated carbocycles. The molecule has 2 aromatic heterocycles. The monoisotopic (exact) mass is 427 g/mol. The van der Waals surface area contributed by atoms with Crippen LogP contribution in [0.15, 0.2) is 48.8 Å². The fourth-order valence-corrected chi connectivity index (χ4v) is 3.29. The van der Waals surface area contributed by atoms with Gasteiger partial charge in [-0.3, -0.25) is 14.6 Å². The predicted octanol–water partition coefficient (Wildman–Crippen LogP) is 3.29. The van der Waals surface area contributed by atoms with Crippen LogP contribution in [-0.2, 0) is 9.59 Å². The Kier molecular flexibility index (Phi) is 7.08. The highest BCUT2D eigenvalue weighted by Gasteiger charge is 2.23. The van der Waals surface area contributed by atoms with Gasteiger partial charge in [0.25, 0.3) is 0 Å². The summed E-state index contributed by atoms with van der Waals surface area (Å²) >= 11 is 0. The minimum atomic E-state index is -0.740. The molecule has 162 valence electrons. The lowest BCUT2D eigenvalue weighted by Crippen LogP contribution is -2.35. The van der Waals surface area contributed by atoms with Crippen molar-refractivity contribution in [2.24, 2.45) is 0 Å². The Balaban J connectivity index is 2.06. The number of fused-ring (bicyclic) bond motifs is 1. The van der Waals surface area contributed by atoms with Crippen molar-refractivity contribution in [3.63, 3.8) is 0 Å². The molecule has 0 bridgehead atoms. The molecule has 32 heavy (non-hydrogen) atoms. The molecule has 3 aromatic rings. The molecule has 1 amide bonds. The van der Waals surface area contributed by atoms with E-state index in [1.165, 1.54) is 6.92 Å². The molecule has 0 spiro atoms. The molecule has 0 aliphatic rings. The zero-order valence-electron chi connectivity index (χ0n) is 18.5. The maximum absolute atomic E-state index is 12.3. The first-order chi connectivity index (χ1) is 15.3. The maximum Gasteiger partial charge on any atom is 0.242 e. The van der Waals surface area contributed by atoms with Crippen LogP contribution in [0.4, 0.5) is 5.82 Å². The minimum Gasteiger partial charge on any atom is -0.309 e. The number of carbonyl (C=O) groups excluding carboxylic acids is 2. The van der Waals surface area contributed by atoms with Gasteiger partial charge in [0.1, 0.15) is 17.3 Å². The van der Waals surface area contributed by atoms with E-state index < -0.39 is 12.0 Å². The van der Waals surface area contributed by atoms with Crippen molar-refractivity contribution in [3.8, 4) is 11.8 Å². The first-order valence-electron chi connectivity index (χ1n) is 10.2. The molecular weight excluding hydrogens is 402 g/mol. The van der Waals surface area contributed by atoms with Crippen molar-refractivity contribution >= 4 is 34.0 Å². The summed E-state index contributed by atoms with van der Waals surface area (Å²) in [5.74, 6) is 5.34. The third kappa shape index (κ3) is 5.23. The number of anilines is 1. The SMILES string of the molecule is CNC(C)C(=O)Nc1ccc(C(C(C)=N)C(C)=O)c(C#Cc2ccc3cnccc3c2)n1. The molecule has 7 heteroatoms. The predicted molar refractivity (Wildman–Crippen MR) is 126 cm³/mol. The Bertz CT molecular complexity index is 1240. The zero-order chi connectivity index (χ0) is 23.3. The third-order valence-corrected chi connectivity index (χ3v) is 5.12. The highest BCUT2D eigenvalue weighted by atomic mass is 16.2. The molecule has 2 heterocycles. The van der Waals surface area contributed by atoms with E-state index in [0.29, 0.717) is 17.1 Å². The van der Waals surface area contributed by atoms with E-state index in [1.54, 1.807) is 45.4 Å². The van der Waals surface area contributed by atoms with E-state index in [9.17, 15) is 9.59 Å². The Morgan fingerprint density at radius 1 is 1.06 bits per heavy atom. The summed E-state index contributed by atoms with van der Waals surface area (Å²) in [4.78, 5) is 33.1. The molecule has 3 rings (SSSR count). The number of likely N-dealkylation sites (N-methyl/N-ethyl adjacent to an activating group) is 1. The Labute approximate surface area is 187 Å². The summed E-state index contributed by atoms with van der Waals surface area (Å²) in [6, 6.07) is 10.6. The molecular formula is C25H25N5O2. The van der Waals surface area contributed by atoms with Crippen LogP contribution in [0.2, 0.25) is 0 Å². The highest BCUT2D eigenvalue weighted by Crippen LogP contribution is 2.23. The van der Waals surface area contributed by atoms with Crippen LogP contribution in [0.25, 0.3) is 10.8 Å². The minimum absolute atomic E-state index is 0.166. The molecule has 0 saturated heterocycles. The topological polar surface area (TPSA) is 108 Å². The second-order valence-electron chi connectivity index (χ2n) is 7.55. The third-order valence-electron chi connectivity index (χ3n) is 5.12. The van der Waals surface area contributed by atoms with Gasteiger partial charge in [-0.1, -0.05) is 18.1 Å². The normalized spacial score (nSPS) is 12.4. The number of rotatable bonds is 6. The standard InChI is InChI=1S/C25H25N5O2/c1-15(26)24(17(3)31)21-8-10-23(30-25(32)16(2)27-4)29-22(21)9-6-18-5-7-20-14-28-12-11-19(20)13-18/h5,7-8,10-14,16,24,26-27H,1-4H3,(H,29,30,32). The van der Waals surface area contributed by atoms with E-state index in [2.05, 4.69) is 32.4 Å². The summed E-state index contributed by atoms with van der Waals surface area (Å²) < 4.78 is 0. The Morgan fingerprint density at radius 2 is 1.84 bits per heavy atom. The van der Waals surface area contributed by atoms with Crippen molar-refractivity contribution in [1.82, 2.24) is 15.3 Å². The smallest absolute Gasteiger partial charge is 0.242 e. The molecule has 3 N–H and O–H groups in total. The maximum atomic E-state index is 12.3. The van der Waals surface area contributed by atoms with Gasteiger partial charge >= 0.3 is 0 Å². The van der Waals surface area contributed by atoms with Gasteiger partial charge in [0.2, 0.25) is 5.91 Å². The van der Waals surface area contributed by atoms with E-state index in [-0.39, 0.29) is 17.4 Å². The number of nitrogens with one attached hydrogen (secondary N) is 3. The first kappa shape index (κ1) is 22.8. The number of carbonyl (C=O) groups is 2. The summed E-state index contributed by atoms with van der Waals surface area (Å²) in [5, 5.41) is 15.7. The van der Waals surface area contributed by atoms with Gasteiger partial charge in [0, 0.05) is 34.6 Å². The van der Waals surface area contributed by atoms with E-state index in [0.717, 1.165) is 16.3 Å². The van der Waals surface area contributed by atoms with Gasteiger partial charge in [0.15, 0.2) is 0 Å². The second-order valence-corrected chi connectivity index (χ2v) is 7.55. The van der Waals surface area contributed by atoms with Crippen molar-refractivity contribution in [2.75, 3.05) is 12.4 Å². The molecule has 2 unspecified atom stereocenters. The lowest BCUT2D eigenvalue weighted by molar-refractivity contribution is -0.118. The van der Waals surface area contributed by atoms with Gasteiger partial charge in [-0.15, -0.1) is 0 Å². The van der Waals surface area contributed by atoms with Crippen LogP contribution >= 0.6 is 0 Å². The molecule has 0 aliphatic carbocycles. The van der Waals surface area contributed by atoms with Gasteiger partial charge in [-0.2, -0.15) is 0 Å². The fourth-order valence-electron chi connectivity index (χ4n) is 3.29. The summed E-state index contributed by atoms with van der Waals surface area (Å²) in [6.07, 6.45) is 3.51. The number of pyridine rings is 2. The number of hydrogen-bond acceptors (Lipinski definition) is 6.